The molecule has 2 unspecified atom stereocenters. The lowest BCUT2D eigenvalue weighted by atomic mass is 9.34. The molecule has 0 amide bonds. The number of esters is 1. The molecule has 1 aromatic rings. The maximum Gasteiger partial charge on any atom is 0.330 e. The predicted molar refractivity (Wildman–Crippen MR) is 172 cm³/mol. The number of ketones is 1. The molecule has 5 aliphatic carbocycles. The number of fused-ring (bicyclic) bond motifs is 7. The molecule has 44 heavy (non-hydrogen) atoms. The number of allylic oxidation sites excluding steroid dienone is 3. The Morgan fingerprint density at radius 3 is 2.36 bits per heavy atom. The first-order valence-corrected chi connectivity index (χ1v) is 16.7. The number of carbonyl (C=O) groups is 3. The molecule has 236 valence electrons. The number of benzene rings is 1. The van der Waals surface area contributed by atoms with Crippen LogP contribution in [0.3, 0.4) is 0 Å². The minimum atomic E-state index is -0.772. The van der Waals surface area contributed by atoms with Crippen LogP contribution in [-0.2, 0) is 19.1 Å². The summed E-state index contributed by atoms with van der Waals surface area (Å²) in [5, 5.41) is 10.8. The van der Waals surface area contributed by atoms with Crippen molar-refractivity contribution in [2.75, 3.05) is 6.61 Å². The Morgan fingerprint density at radius 1 is 0.955 bits per heavy atom. The lowest BCUT2D eigenvalue weighted by molar-refractivity contribution is -0.189. The van der Waals surface area contributed by atoms with Crippen molar-refractivity contribution in [3.8, 4) is 0 Å². The third kappa shape index (κ3) is 4.42. The van der Waals surface area contributed by atoms with Gasteiger partial charge < -0.3 is 9.84 Å². The summed E-state index contributed by atoms with van der Waals surface area (Å²) in [7, 11) is 0. The molecule has 0 heterocycles. The molecule has 5 aliphatic rings. The monoisotopic (exact) mass is 598 g/mol. The van der Waals surface area contributed by atoms with Crippen LogP contribution in [0.5, 0.6) is 0 Å². The van der Waals surface area contributed by atoms with Crippen molar-refractivity contribution in [1.82, 2.24) is 0 Å². The molecule has 1 aromatic carbocycles. The molecule has 0 spiro atoms. The SMILES string of the molecule is CC1(C)CC[C@]2(C(=O)O)CC[C@]3(COC(=O)/C=C/c4ccccc4)C(=CC[C@@H]4[C@@]5(C)C=CC(=O)C(C)(C)C5CC[C@]43C)C2C1. The Bertz CT molecular complexity index is 1450. The molecule has 0 aromatic heterocycles. The summed E-state index contributed by atoms with van der Waals surface area (Å²) in [6.07, 6.45) is 16.1. The van der Waals surface area contributed by atoms with Crippen molar-refractivity contribution in [2.24, 2.45) is 50.2 Å². The van der Waals surface area contributed by atoms with E-state index in [0.717, 1.165) is 37.7 Å². The van der Waals surface area contributed by atoms with Gasteiger partial charge in [0.25, 0.3) is 0 Å². The van der Waals surface area contributed by atoms with E-state index in [1.807, 2.05) is 36.4 Å². The van der Waals surface area contributed by atoms with Gasteiger partial charge >= 0.3 is 11.9 Å². The van der Waals surface area contributed by atoms with Crippen LogP contribution in [0.2, 0.25) is 0 Å². The average Bonchev–Trinajstić information content (AvgIpc) is 2.97. The fourth-order valence-electron chi connectivity index (χ4n) is 11.0. The maximum absolute atomic E-state index is 13.3. The van der Waals surface area contributed by atoms with Gasteiger partial charge in [-0.2, -0.15) is 0 Å². The second-order valence-electron chi connectivity index (χ2n) is 16.6. The average molecular weight is 599 g/mol. The molecule has 6 rings (SSSR count). The molecule has 1 N–H and O–H groups in total. The number of carboxylic acids is 1. The smallest absolute Gasteiger partial charge is 0.330 e. The number of ether oxygens (including phenoxy) is 1. The number of carboxylic acid groups (broad SMARTS) is 1. The summed E-state index contributed by atoms with van der Waals surface area (Å²) in [4.78, 5) is 39.5. The van der Waals surface area contributed by atoms with E-state index in [0.29, 0.717) is 19.3 Å². The third-order valence-electron chi connectivity index (χ3n) is 13.7. The Labute approximate surface area is 263 Å². The molecule has 0 saturated heterocycles. The first kappa shape index (κ1) is 31.0. The van der Waals surface area contributed by atoms with Gasteiger partial charge in [-0.05, 0) is 103 Å². The number of carbonyl (C=O) groups excluding carboxylic acids is 2. The fraction of sp³-hybridized carbons (Fsp3) is 0.615. The van der Waals surface area contributed by atoms with E-state index in [1.165, 1.54) is 11.6 Å². The van der Waals surface area contributed by atoms with E-state index < -0.39 is 22.2 Å². The zero-order valence-electron chi connectivity index (χ0n) is 27.4. The van der Waals surface area contributed by atoms with E-state index in [4.69, 9.17) is 4.74 Å². The molecule has 5 heteroatoms. The number of rotatable bonds is 5. The molecular weight excluding hydrogens is 548 g/mol. The van der Waals surface area contributed by atoms with Gasteiger partial charge in [-0.1, -0.05) is 89.6 Å². The third-order valence-corrected chi connectivity index (χ3v) is 13.7. The quantitative estimate of drug-likeness (QED) is 0.209. The van der Waals surface area contributed by atoms with Crippen LogP contribution in [0, 0.1) is 50.2 Å². The Morgan fingerprint density at radius 2 is 1.66 bits per heavy atom. The van der Waals surface area contributed by atoms with Crippen LogP contribution in [0.4, 0.5) is 0 Å². The molecule has 3 fully saturated rings. The van der Waals surface area contributed by atoms with Crippen LogP contribution in [0.1, 0.15) is 98.5 Å². The standard InChI is InChI=1S/C39H50O5/c1-34(2)20-21-38(33(42)43)22-23-39(25-44-32(41)15-12-26-10-8-7-9-11-26)27(28(38)24-34)13-14-30-36(5)18-17-31(40)35(3,4)29(36)16-19-37(30,39)6/h7-13,15,17-18,28-30H,14,16,19-25H2,1-6H3,(H,42,43)/b15-12+/t28?,29?,30-,36+,37-,38+,39+/m1/s1. The second kappa shape index (κ2) is 10.3. The Hall–Kier alpha value is -2.95. The zero-order valence-corrected chi connectivity index (χ0v) is 27.4. The van der Waals surface area contributed by atoms with Crippen molar-refractivity contribution in [1.29, 1.82) is 0 Å². The minimum Gasteiger partial charge on any atom is -0.481 e. The van der Waals surface area contributed by atoms with Gasteiger partial charge in [-0.3, -0.25) is 9.59 Å². The number of hydrogen-bond acceptors (Lipinski definition) is 4. The van der Waals surface area contributed by atoms with Crippen LogP contribution < -0.4 is 0 Å². The summed E-state index contributed by atoms with van der Waals surface area (Å²) in [5.74, 6) is -0.444. The van der Waals surface area contributed by atoms with E-state index in [9.17, 15) is 19.5 Å². The van der Waals surface area contributed by atoms with Gasteiger partial charge in [-0.15, -0.1) is 0 Å². The predicted octanol–water partition coefficient (Wildman–Crippen LogP) is 8.45. The Kier molecular flexibility index (Phi) is 7.26. The first-order valence-electron chi connectivity index (χ1n) is 16.7. The molecule has 0 radical (unpaired) electrons. The largest absolute Gasteiger partial charge is 0.481 e. The highest BCUT2D eigenvalue weighted by atomic mass is 16.5. The van der Waals surface area contributed by atoms with Crippen molar-refractivity contribution in [3.63, 3.8) is 0 Å². The van der Waals surface area contributed by atoms with Gasteiger partial charge in [-0.25, -0.2) is 4.79 Å². The van der Waals surface area contributed by atoms with E-state index in [-0.39, 0.29) is 52.4 Å². The van der Waals surface area contributed by atoms with Crippen LogP contribution >= 0.6 is 0 Å². The van der Waals surface area contributed by atoms with E-state index >= 15 is 0 Å². The van der Waals surface area contributed by atoms with Crippen molar-refractivity contribution < 1.29 is 24.2 Å². The highest BCUT2D eigenvalue weighted by molar-refractivity contribution is 5.95. The zero-order chi connectivity index (χ0) is 31.8. The van der Waals surface area contributed by atoms with Gasteiger partial charge in [0.2, 0.25) is 0 Å². The van der Waals surface area contributed by atoms with Crippen LogP contribution in [0.25, 0.3) is 6.08 Å². The molecule has 0 bridgehead atoms. The molecule has 7 atom stereocenters. The summed E-state index contributed by atoms with van der Waals surface area (Å²) < 4.78 is 6.24. The topological polar surface area (TPSA) is 80.7 Å². The van der Waals surface area contributed by atoms with Crippen molar-refractivity contribution in [2.45, 2.75) is 92.9 Å². The summed E-state index contributed by atoms with van der Waals surface area (Å²) in [6, 6.07) is 9.74. The molecule has 5 nitrogen and oxygen atoms in total. The molecule has 3 saturated carbocycles. The highest BCUT2D eigenvalue weighted by Gasteiger charge is 2.70. The lowest BCUT2D eigenvalue weighted by Gasteiger charge is -2.70. The van der Waals surface area contributed by atoms with Crippen molar-refractivity contribution >= 4 is 23.8 Å². The lowest BCUT2D eigenvalue weighted by Crippen LogP contribution is -2.65. The minimum absolute atomic E-state index is 0.0422. The highest BCUT2D eigenvalue weighted by Crippen LogP contribution is 2.75. The van der Waals surface area contributed by atoms with Gasteiger partial charge in [0.15, 0.2) is 5.78 Å². The van der Waals surface area contributed by atoms with Crippen LogP contribution in [0.15, 0.2) is 60.2 Å². The van der Waals surface area contributed by atoms with E-state index in [1.54, 1.807) is 6.08 Å². The van der Waals surface area contributed by atoms with Crippen molar-refractivity contribution in [3.05, 3.63) is 65.8 Å². The molecular formula is C39H50O5. The van der Waals surface area contributed by atoms with Gasteiger partial charge in [0.05, 0.1) is 5.41 Å². The summed E-state index contributed by atoms with van der Waals surface area (Å²) in [6.45, 7) is 13.8. The number of hydrogen-bond donors (Lipinski definition) is 1. The normalized spacial score (nSPS) is 40.2. The summed E-state index contributed by atoms with van der Waals surface area (Å²) in [5.41, 5.74) is 0.129. The Balaban J connectivity index is 1.44. The van der Waals surface area contributed by atoms with Crippen LogP contribution in [-0.4, -0.2) is 29.4 Å². The maximum atomic E-state index is 13.3. The van der Waals surface area contributed by atoms with Gasteiger partial charge in [0.1, 0.15) is 6.61 Å². The number of aliphatic carboxylic acids is 1. The second-order valence-corrected chi connectivity index (χ2v) is 16.6. The van der Waals surface area contributed by atoms with E-state index in [2.05, 4.69) is 53.7 Å². The molecule has 0 aliphatic heterocycles. The van der Waals surface area contributed by atoms with Gasteiger partial charge in [0, 0.05) is 16.9 Å². The fourth-order valence-corrected chi connectivity index (χ4v) is 11.0. The summed E-state index contributed by atoms with van der Waals surface area (Å²) >= 11 is 0. The first-order chi connectivity index (χ1) is 20.6.